The van der Waals surface area contributed by atoms with Crippen LogP contribution < -0.4 is 15.8 Å². The lowest BCUT2D eigenvalue weighted by molar-refractivity contribution is 0.569. The predicted molar refractivity (Wildman–Crippen MR) is 316 cm³/mol. The first-order valence-electron chi connectivity index (χ1n) is 26.4. The Labute approximate surface area is 432 Å². The summed E-state index contributed by atoms with van der Waals surface area (Å²) < 4.78 is 9.74. The van der Waals surface area contributed by atoms with Gasteiger partial charge in [0.2, 0.25) is 0 Å². The molecule has 0 unspecified atom stereocenters. The molecular formula is C70H55BN2O. The van der Waals surface area contributed by atoms with Gasteiger partial charge in [-0.05, 0) is 148 Å². The van der Waals surface area contributed by atoms with Crippen molar-refractivity contribution in [2.75, 3.05) is 4.90 Å². The number of hydrogen-bond donors (Lipinski definition) is 0. The maximum atomic E-state index is 7.03. The molecule has 2 aliphatic rings. The fraction of sp³-hybridized carbons (Fsp3) is 0.143. The number of hydrogen-bond acceptors (Lipinski definition) is 2. The zero-order valence-corrected chi connectivity index (χ0v) is 42.8. The minimum atomic E-state index is -0.168. The van der Waals surface area contributed by atoms with Crippen molar-refractivity contribution in [2.24, 2.45) is 0 Å². The molecule has 0 N–H and O–H groups in total. The van der Waals surface area contributed by atoms with E-state index in [1.807, 2.05) is 0 Å². The van der Waals surface area contributed by atoms with Crippen LogP contribution in [0.5, 0.6) is 0 Å². The first kappa shape index (κ1) is 43.3. The highest BCUT2D eigenvalue weighted by molar-refractivity contribution is 6.90. The first-order chi connectivity index (χ1) is 36.0. The van der Waals surface area contributed by atoms with Crippen LogP contribution >= 0.6 is 0 Å². The molecule has 0 radical (unpaired) electrons. The summed E-state index contributed by atoms with van der Waals surface area (Å²) in [6.45, 7) is 14.0. The summed E-state index contributed by atoms with van der Waals surface area (Å²) in [6, 6.07) is 75.9. The molecule has 0 bridgehead atoms. The molecule has 74 heavy (non-hydrogen) atoms. The van der Waals surface area contributed by atoms with Crippen molar-refractivity contribution in [3.63, 3.8) is 0 Å². The highest BCUT2D eigenvalue weighted by Gasteiger charge is 2.45. The zero-order chi connectivity index (χ0) is 49.8. The van der Waals surface area contributed by atoms with Crippen LogP contribution in [0.2, 0.25) is 0 Å². The maximum Gasteiger partial charge on any atom is 0.333 e. The lowest BCUT2D eigenvalue weighted by Crippen LogP contribution is -2.56. The fourth-order valence-corrected chi connectivity index (χ4v) is 13.2. The van der Waals surface area contributed by atoms with Gasteiger partial charge in [0.05, 0.1) is 5.39 Å². The largest absolute Gasteiger partial charge is 0.455 e. The highest BCUT2D eigenvalue weighted by Crippen LogP contribution is 2.52. The van der Waals surface area contributed by atoms with Gasteiger partial charge < -0.3 is 13.8 Å². The number of anilines is 3. The SMILES string of the molecule is CC(C)(C)c1cc(N2c3cc4c(Cc5ccccc5)c5ccccc5c(Cc5ccccc5)c4cc3B3c4c2cc2ccccc2c4-c2cc4c5ccccc5oc4c4c5ccccc5n3c24)cc(C(C)(C)C)c1. The van der Waals surface area contributed by atoms with Gasteiger partial charge in [0, 0.05) is 49.8 Å². The van der Waals surface area contributed by atoms with E-state index >= 15 is 0 Å². The number of nitrogens with zero attached hydrogens (tertiary/aromatic N) is 2. The van der Waals surface area contributed by atoms with Gasteiger partial charge in [-0.25, -0.2) is 0 Å². The molecule has 0 amide bonds. The van der Waals surface area contributed by atoms with Gasteiger partial charge in [0.15, 0.2) is 0 Å². The van der Waals surface area contributed by atoms with Crippen LogP contribution in [0.3, 0.4) is 0 Å². The smallest absolute Gasteiger partial charge is 0.333 e. The average molecular weight is 951 g/mol. The van der Waals surface area contributed by atoms with E-state index in [2.05, 4.69) is 251 Å². The fourth-order valence-electron chi connectivity index (χ4n) is 13.2. The third kappa shape index (κ3) is 6.27. The van der Waals surface area contributed by atoms with E-state index in [1.165, 1.54) is 127 Å². The van der Waals surface area contributed by atoms with Gasteiger partial charge in [-0.2, -0.15) is 0 Å². The number of aromatic nitrogens is 1. The Morgan fingerprint density at radius 1 is 0.459 bits per heavy atom. The van der Waals surface area contributed by atoms with Gasteiger partial charge >= 0.3 is 6.85 Å². The molecule has 0 saturated carbocycles. The van der Waals surface area contributed by atoms with E-state index < -0.39 is 0 Å². The standard InChI is InChI=1S/C70H55BN2O/c1-69(2,3)45-36-46(70(4,5)6)38-47(37-45)72-61-41-56-54(34-43-23-11-8-12-24-43)50-28-16-15-27-49(50)53(33-42-21-9-7-10-22-42)55(56)40-59(61)71-66-62(72)35-44-25-13-14-26-48(44)64(66)58-39-57-51-29-18-20-32-63(51)74-68(57)65-52-30-17-19-31-60(52)73(71)67(58)65/h7-32,35-41H,33-34H2,1-6H3. The summed E-state index contributed by atoms with van der Waals surface area (Å²) in [5, 5.41) is 12.4. The zero-order valence-electron chi connectivity index (χ0n) is 42.8. The Morgan fingerprint density at radius 2 is 1.01 bits per heavy atom. The van der Waals surface area contributed by atoms with Crippen molar-refractivity contribution in [2.45, 2.75) is 65.2 Å². The molecule has 2 aliphatic heterocycles. The molecule has 13 aromatic rings. The third-order valence-corrected chi connectivity index (χ3v) is 16.7. The summed E-state index contributed by atoms with van der Waals surface area (Å²) in [5.41, 5.74) is 21.0. The van der Waals surface area contributed by atoms with E-state index in [0.29, 0.717) is 0 Å². The number of fused-ring (bicyclic) bond motifs is 15. The topological polar surface area (TPSA) is 21.3 Å². The monoisotopic (exact) mass is 950 g/mol. The summed E-state index contributed by atoms with van der Waals surface area (Å²) in [4.78, 5) is 2.68. The molecule has 0 aliphatic carbocycles. The van der Waals surface area contributed by atoms with Gasteiger partial charge in [-0.1, -0.05) is 199 Å². The molecule has 4 heterocycles. The number of furan rings is 1. The summed E-state index contributed by atoms with van der Waals surface area (Å²) in [6.07, 6.45) is 1.63. The molecule has 11 aromatic carbocycles. The molecule has 354 valence electrons. The second-order valence-electron chi connectivity index (χ2n) is 23.2. The van der Waals surface area contributed by atoms with E-state index in [4.69, 9.17) is 4.42 Å². The Kier molecular flexibility index (Phi) is 9.11. The normalized spacial score (nSPS) is 13.3. The Balaban J connectivity index is 1.16. The third-order valence-electron chi connectivity index (χ3n) is 16.7. The van der Waals surface area contributed by atoms with Crippen LogP contribution in [0.1, 0.15) is 74.9 Å². The van der Waals surface area contributed by atoms with Crippen LogP contribution in [0.25, 0.3) is 87.2 Å². The molecule has 0 saturated heterocycles. The summed E-state index contributed by atoms with van der Waals surface area (Å²) in [7, 11) is 0. The van der Waals surface area contributed by atoms with Gasteiger partial charge in [0.1, 0.15) is 11.2 Å². The lowest BCUT2D eigenvalue weighted by Gasteiger charge is -2.42. The number of benzene rings is 11. The highest BCUT2D eigenvalue weighted by atomic mass is 16.3. The predicted octanol–water partition coefficient (Wildman–Crippen LogP) is 17.3. The van der Waals surface area contributed by atoms with Crippen LogP contribution in [0.15, 0.2) is 205 Å². The van der Waals surface area contributed by atoms with Crippen molar-refractivity contribution in [1.82, 2.24) is 4.48 Å². The molecule has 2 aromatic heterocycles. The van der Waals surface area contributed by atoms with E-state index in [-0.39, 0.29) is 17.7 Å². The van der Waals surface area contributed by atoms with Crippen LogP contribution in [0, 0.1) is 0 Å². The van der Waals surface area contributed by atoms with Gasteiger partial charge in [0.25, 0.3) is 0 Å². The van der Waals surface area contributed by atoms with Crippen molar-refractivity contribution in [1.29, 1.82) is 0 Å². The van der Waals surface area contributed by atoms with Gasteiger partial charge in [-0.3, -0.25) is 0 Å². The lowest BCUT2D eigenvalue weighted by atomic mass is 9.44. The summed E-state index contributed by atoms with van der Waals surface area (Å²) in [5.74, 6) is 0. The van der Waals surface area contributed by atoms with Crippen molar-refractivity contribution in [3.8, 4) is 11.1 Å². The minimum absolute atomic E-state index is 0.0925. The quantitative estimate of drug-likeness (QED) is 0.127. The van der Waals surface area contributed by atoms with E-state index in [1.54, 1.807) is 0 Å². The summed E-state index contributed by atoms with van der Waals surface area (Å²) >= 11 is 0. The molecule has 15 rings (SSSR count). The van der Waals surface area contributed by atoms with E-state index in [9.17, 15) is 0 Å². The molecule has 3 nitrogen and oxygen atoms in total. The van der Waals surface area contributed by atoms with Crippen molar-refractivity contribution < 1.29 is 4.42 Å². The van der Waals surface area contributed by atoms with Crippen LogP contribution in [-0.4, -0.2) is 11.3 Å². The first-order valence-corrected chi connectivity index (χ1v) is 26.4. The maximum absolute atomic E-state index is 7.03. The van der Waals surface area contributed by atoms with Crippen molar-refractivity contribution >= 4 is 111 Å². The molecule has 0 fully saturated rings. The second-order valence-corrected chi connectivity index (χ2v) is 23.2. The average Bonchev–Trinajstić information content (AvgIpc) is 3.96. The van der Waals surface area contributed by atoms with Crippen molar-refractivity contribution in [3.05, 3.63) is 234 Å². The molecule has 0 spiro atoms. The number of para-hydroxylation sites is 2. The molecule has 4 heteroatoms. The van der Waals surface area contributed by atoms with Gasteiger partial charge in [-0.15, -0.1) is 0 Å². The van der Waals surface area contributed by atoms with Crippen LogP contribution in [-0.2, 0) is 23.7 Å². The van der Waals surface area contributed by atoms with Crippen LogP contribution in [0.4, 0.5) is 17.1 Å². The minimum Gasteiger partial charge on any atom is -0.455 e. The second kappa shape index (κ2) is 15.6. The Hall–Kier alpha value is -8.34. The molecular weight excluding hydrogens is 896 g/mol. The molecule has 0 atom stereocenters. The van der Waals surface area contributed by atoms with E-state index in [0.717, 1.165) is 34.8 Å². The Morgan fingerprint density at radius 3 is 1.66 bits per heavy atom. The number of rotatable bonds is 5. The Bertz CT molecular complexity index is 4480.